The van der Waals surface area contributed by atoms with Crippen LogP contribution in [0, 0.1) is 5.41 Å². The van der Waals surface area contributed by atoms with Crippen LogP contribution in [0.2, 0.25) is 0 Å². The molecule has 3 aromatic heterocycles. The van der Waals surface area contributed by atoms with Crippen LogP contribution in [0.3, 0.4) is 0 Å². The zero-order valence-electron chi connectivity index (χ0n) is 29.3. The number of rotatable bonds is 6. The van der Waals surface area contributed by atoms with Gasteiger partial charge in [-0.2, -0.15) is 0 Å². The predicted octanol–water partition coefficient (Wildman–Crippen LogP) is 8.55. The van der Waals surface area contributed by atoms with E-state index in [9.17, 15) is 9.59 Å². The van der Waals surface area contributed by atoms with Gasteiger partial charge < -0.3 is 24.8 Å². The first-order chi connectivity index (χ1) is 25.3. The highest BCUT2D eigenvalue weighted by atomic mass is 32.1. The van der Waals surface area contributed by atoms with Crippen LogP contribution in [0.1, 0.15) is 64.4 Å². The highest BCUT2D eigenvalue weighted by Gasteiger charge is 2.45. The Morgan fingerprint density at radius 2 is 1.73 bits per heavy atom. The topological polar surface area (TPSA) is 103 Å². The Kier molecular flexibility index (Phi) is 8.16. The molecule has 3 aliphatic rings. The number of hydrogen-bond acceptors (Lipinski definition) is 7. The maximum absolute atomic E-state index is 14.1. The van der Waals surface area contributed by atoms with Gasteiger partial charge in [-0.3, -0.25) is 9.59 Å². The van der Waals surface area contributed by atoms with E-state index in [1.165, 1.54) is 5.56 Å². The second kappa shape index (κ2) is 13.0. The fourth-order valence-electron chi connectivity index (χ4n) is 7.79. The number of pyridine rings is 1. The van der Waals surface area contributed by atoms with Gasteiger partial charge in [-0.05, 0) is 90.9 Å². The number of aromatic nitrogens is 3. The van der Waals surface area contributed by atoms with Crippen molar-refractivity contribution in [1.82, 2.24) is 15.0 Å². The summed E-state index contributed by atoms with van der Waals surface area (Å²) in [5.74, 6) is 1.55. The molecule has 0 saturated carbocycles. The molecule has 0 bridgehead atoms. The van der Waals surface area contributed by atoms with Gasteiger partial charge in [-0.15, -0.1) is 11.3 Å². The largest absolute Gasteiger partial charge is 0.381 e. The molecule has 10 heteroatoms. The highest BCUT2D eigenvalue weighted by Crippen LogP contribution is 2.45. The Bertz CT molecular complexity index is 2280. The first kappa shape index (κ1) is 32.6. The van der Waals surface area contributed by atoms with E-state index in [1.54, 1.807) is 23.5 Å². The number of nitrogens with zero attached hydrogens (tertiary/aromatic N) is 4. The van der Waals surface area contributed by atoms with Gasteiger partial charge in [0.15, 0.2) is 0 Å². The number of hydrogen-bond donors (Lipinski definition) is 2. The van der Waals surface area contributed by atoms with E-state index < -0.39 is 0 Å². The van der Waals surface area contributed by atoms with Crippen LogP contribution < -0.4 is 15.1 Å². The summed E-state index contributed by atoms with van der Waals surface area (Å²) in [6.45, 7) is 8.12. The number of ether oxygens (including phenoxy) is 1. The number of carbonyl (C=O) groups is 2. The molecule has 0 aliphatic carbocycles. The van der Waals surface area contributed by atoms with Gasteiger partial charge in [-0.1, -0.05) is 44.2 Å². The molecule has 6 aromatic rings. The molecule has 3 aliphatic heterocycles. The van der Waals surface area contributed by atoms with Crippen molar-refractivity contribution in [3.63, 3.8) is 0 Å². The average Bonchev–Trinajstić information content (AvgIpc) is 3.76. The Labute approximate surface area is 306 Å². The van der Waals surface area contributed by atoms with Crippen molar-refractivity contribution in [2.45, 2.75) is 39.0 Å². The van der Waals surface area contributed by atoms with Crippen LogP contribution in [0.25, 0.3) is 32.2 Å². The van der Waals surface area contributed by atoms with Crippen molar-refractivity contribution in [3.05, 3.63) is 113 Å². The van der Waals surface area contributed by atoms with Gasteiger partial charge in [0, 0.05) is 66.2 Å². The zero-order chi connectivity index (χ0) is 35.4. The Morgan fingerprint density at radius 3 is 2.52 bits per heavy atom. The van der Waals surface area contributed by atoms with Crippen molar-refractivity contribution >= 4 is 51.4 Å². The van der Waals surface area contributed by atoms with Crippen LogP contribution in [0.15, 0.2) is 91.1 Å². The molecule has 2 N–H and O–H groups in total. The fourth-order valence-corrected chi connectivity index (χ4v) is 8.98. The van der Waals surface area contributed by atoms with Crippen LogP contribution in [-0.2, 0) is 11.2 Å². The molecule has 9 nitrogen and oxygen atoms in total. The summed E-state index contributed by atoms with van der Waals surface area (Å²) in [7, 11) is 0. The second-order valence-corrected chi connectivity index (χ2v) is 15.6. The van der Waals surface area contributed by atoms with E-state index in [0.717, 1.165) is 94.8 Å². The van der Waals surface area contributed by atoms with E-state index in [2.05, 4.69) is 41.2 Å². The van der Waals surface area contributed by atoms with Crippen LogP contribution in [0.5, 0.6) is 0 Å². The lowest BCUT2D eigenvalue weighted by Gasteiger charge is -2.53. The van der Waals surface area contributed by atoms with Gasteiger partial charge >= 0.3 is 0 Å². The van der Waals surface area contributed by atoms with E-state index >= 15 is 0 Å². The number of nitrogens with one attached hydrogen (secondary N) is 2. The first-order valence-corrected chi connectivity index (χ1v) is 18.9. The number of anilines is 3. The lowest BCUT2D eigenvalue weighted by Crippen LogP contribution is -2.59. The molecule has 0 atom stereocenters. The molecule has 0 unspecified atom stereocenters. The average molecular weight is 709 g/mol. The van der Waals surface area contributed by atoms with Crippen molar-refractivity contribution in [2.24, 2.45) is 5.41 Å². The van der Waals surface area contributed by atoms with Crippen LogP contribution in [-0.4, -0.2) is 59.6 Å². The molecule has 2 saturated heterocycles. The molecule has 6 heterocycles. The maximum Gasteiger partial charge on any atom is 0.259 e. The smallest absolute Gasteiger partial charge is 0.259 e. The fraction of sp³-hybridized carbons (Fsp3) is 0.286. The number of thiophene rings is 1. The van der Waals surface area contributed by atoms with Gasteiger partial charge in [0.25, 0.3) is 11.8 Å². The van der Waals surface area contributed by atoms with E-state index in [1.807, 2.05) is 71.8 Å². The third-order valence-corrected chi connectivity index (χ3v) is 12.0. The minimum absolute atomic E-state index is 0.0751. The Hall–Kier alpha value is -5.32. The standard InChI is InChI=1S/C42H40N6O3S/c1-26(2)29-21-32(39(43-23-29)47-24-42(25-47)16-19-51-20-17-42)40(49)44-30-13-11-27(12-14-30)41(50)48-18-15-28-22-36(38-45-33-8-4-5-9-34(33)46-38)52-37(28)31-7-3-6-10-35(31)48/h3-14,21-23,26H,15-20,24-25H2,1-2H3,(H,44,49)(H,45,46). The summed E-state index contributed by atoms with van der Waals surface area (Å²) in [6, 6.07) is 27.6. The van der Waals surface area contributed by atoms with Crippen LogP contribution in [0.4, 0.5) is 17.2 Å². The molecule has 9 rings (SSSR count). The minimum Gasteiger partial charge on any atom is -0.381 e. The summed E-state index contributed by atoms with van der Waals surface area (Å²) < 4.78 is 5.60. The molecule has 0 radical (unpaired) electrons. The number of fused-ring (bicyclic) bond motifs is 4. The van der Waals surface area contributed by atoms with Gasteiger partial charge in [-0.25, -0.2) is 9.97 Å². The molecule has 1 spiro atoms. The quantitative estimate of drug-likeness (QED) is 0.180. The van der Waals surface area contributed by atoms with Gasteiger partial charge in [0.05, 0.1) is 27.2 Å². The molecule has 52 heavy (non-hydrogen) atoms. The van der Waals surface area contributed by atoms with Gasteiger partial charge in [0.1, 0.15) is 11.6 Å². The lowest BCUT2D eigenvalue weighted by atomic mass is 9.73. The monoisotopic (exact) mass is 708 g/mol. The summed E-state index contributed by atoms with van der Waals surface area (Å²) in [5, 5.41) is 3.09. The van der Waals surface area contributed by atoms with Crippen LogP contribution >= 0.6 is 11.3 Å². The molecule has 2 fully saturated rings. The Balaban J connectivity index is 0.935. The molecular formula is C42H40N6O3S. The normalized spacial score (nSPS) is 16.4. The maximum atomic E-state index is 14.1. The third kappa shape index (κ3) is 5.85. The van der Waals surface area contributed by atoms with Crippen molar-refractivity contribution in [1.29, 1.82) is 0 Å². The number of amides is 2. The lowest BCUT2D eigenvalue weighted by molar-refractivity contribution is -0.000511. The zero-order valence-corrected chi connectivity index (χ0v) is 30.1. The number of para-hydroxylation sites is 3. The predicted molar refractivity (Wildman–Crippen MR) is 208 cm³/mol. The summed E-state index contributed by atoms with van der Waals surface area (Å²) in [5.41, 5.74) is 8.14. The molecule has 262 valence electrons. The van der Waals surface area contributed by atoms with E-state index in [0.29, 0.717) is 23.4 Å². The molecule has 3 aromatic carbocycles. The number of carbonyl (C=O) groups excluding carboxylic acids is 2. The SMILES string of the molecule is CC(C)c1cnc(N2CC3(CCOCC3)C2)c(C(=O)Nc2ccc(C(=O)N3CCc4cc(-c5nc6ccccc6[nH]5)sc4-c4ccccc43)cc2)c1. The number of H-pyrrole nitrogens is 1. The number of aromatic amines is 1. The minimum atomic E-state index is -0.202. The van der Waals surface area contributed by atoms with Crippen molar-refractivity contribution < 1.29 is 14.3 Å². The summed E-state index contributed by atoms with van der Waals surface area (Å²) >= 11 is 1.71. The number of benzene rings is 3. The highest BCUT2D eigenvalue weighted by molar-refractivity contribution is 7.19. The van der Waals surface area contributed by atoms with Crippen molar-refractivity contribution in [3.8, 4) is 21.1 Å². The number of imidazole rings is 1. The van der Waals surface area contributed by atoms with E-state index in [4.69, 9.17) is 14.7 Å². The second-order valence-electron chi connectivity index (χ2n) is 14.6. The molecular weight excluding hydrogens is 669 g/mol. The third-order valence-electron chi connectivity index (χ3n) is 10.8. The summed E-state index contributed by atoms with van der Waals surface area (Å²) in [4.78, 5) is 47.4. The van der Waals surface area contributed by atoms with Gasteiger partial charge in [0.2, 0.25) is 0 Å². The van der Waals surface area contributed by atoms with E-state index in [-0.39, 0.29) is 23.1 Å². The van der Waals surface area contributed by atoms with Crippen molar-refractivity contribution in [2.75, 3.05) is 48.0 Å². The molecule has 2 amide bonds. The first-order valence-electron chi connectivity index (χ1n) is 18.1. The summed E-state index contributed by atoms with van der Waals surface area (Å²) in [6.07, 6.45) is 4.70. The Morgan fingerprint density at radius 1 is 0.962 bits per heavy atom.